The highest BCUT2D eigenvalue weighted by Crippen LogP contribution is 2.40. The van der Waals surface area contributed by atoms with Crippen LogP contribution in [-0.4, -0.2) is 77.1 Å². The third kappa shape index (κ3) is 6.72. The molecule has 0 unspecified atom stereocenters. The van der Waals surface area contributed by atoms with Crippen LogP contribution in [0.15, 0.2) is 60.2 Å². The number of carbonyl (C=O) groups excluding carboxylic acids is 1. The molecule has 0 saturated heterocycles. The molecule has 3 aromatic carbocycles. The number of carbonyl (C=O) groups is 2. The molecule has 10 heteroatoms. The highest BCUT2D eigenvalue weighted by Gasteiger charge is 2.27. The number of nitrogens with zero attached hydrogens (tertiary/aromatic N) is 1. The third-order valence-electron chi connectivity index (χ3n) is 6.48. The van der Waals surface area contributed by atoms with Crippen molar-refractivity contribution >= 4 is 17.3 Å². The number of carboxylic acids is 1. The Kier molecular flexibility index (Phi) is 9.36. The summed E-state index contributed by atoms with van der Waals surface area (Å²) in [5.41, 5.74) is 1.12. The van der Waals surface area contributed by atoms with Crippen molar-refractivity contribution in [3.05, 3.63) is 76.9 Å². The number of fused-ring (bicyclic) bond motifs is 1. The first-order chi connectivity index (χ1) is 19.7. The lowest BCUT2D eigenvalue weighted by Gasteiger charge is -2.18. The van der Waals surface area contributed by atoms with E-state index in [1.165, 1.54) is 21.3 Å². The van der Waals surface area contributed by atoms with Crippen LogP contribution in [0.4, 0.5) is 0 Å². The van der Waals surface area contributed by atoms with E-state index in [0.29, 0.717) is 64.3 Å². The van der Waals surface area contributed by atoms with E-state index in [4.69, 9.17) is 28.4 Å². The van der Waals surface area contributed by atoms with Crippen LogP contribution < -0.4 is 28.4 Å². The number of carboxylic acid groups (broad SMARTS) is 1. The summed E-state index contributed by atoms with van der Waals surface area (Å²) >= 11 is 0. The van der Waals surface area contributed by atoms with E-state index in [0.717, 1.165) is 0 Å². The Hall–Kier alpha value is -4.70. The van der Waals surface area contributed by atoms with Gasteiger partial charge in [0.2, 0.25) is 12.5 Å². The maximum absolute atomic E-state index is 14.0. The first kappa shape index (κ1) is 29.3. The maximum Gasteiger partial charge on any atom is 0.336 e. The molecule has 0 radical (unpaired) electrons. The van der Waals surface area contributed by atoms with E-state index < -0.39 is 11.8 Å². The van der Waals surface area contributed by atoms with Crippen LogP contribution in [0.3, 0.4) is 0 Å². The molecule has 1 N–H and O–H groups in total. The van der Waals surface area contributed by atoms with E-state index in [1.54, 1.807) is 54.6 Å². The molecule has 41 heavy (non-hydrogen) atoms. The number of aliphatic carboxylic acids is 1. The SMILES string of the molecule is COc1ccc(C(=O)/C(Cc2cc(OC)c(OC)c(OCCN(C)C)c2)=C(/C(=O)O)c2ccc3c(c2)OCO3)cc1. The summed E-state index contributed by atoms with van der Waals surface area (Å²) in [6, 6.07) is 14.7. The summed E-state index contributed by atoms with van der Waals surface area (Å²) in [6.07, 6.45) is -0.0364. The Morgan fingerprint density at radius 3 is 2.17 bits per heavy atom. The van der Waals surface area contributed by atoms with Gasteiger partial charge in [0, 0.05) is 24.1 Å². The fraction of sp³-hybridized carbons (Fsp3) is 0.290. The zero-order chi connectivity index (χ0) is 29.5. The normalized spacial score (nSPS) is 12.5. The Morgan fingerprint density at radius 2 is 1.54 bits per heavy atom. The third-order valence-corrected chi connectivity index (χ3v) is 6.48. The molecule has 216 valence electrons. The molecule has 0 atom stereocenters. The van der Waals surface area contributed by atoms with E-state index in [-0.39, 0.29) is 24.4 Å². The summed E-state index contributed by atoms with van der Waals surface area (Å²) in [5.74, 6) is 0.968. The second kappa shape index (κ2) is 13.1. The molecule has 0 aliphatic carbocycles. The Balaban J connectivity index is 1.86. The Morgan fingerprint density at radius 1 is 0.854 bits per heavy atom. The van der Waals surface area contributed by atoms with Crippen molar-refractivity contribution in [3.8, 4) is 34.5 Å². The molecule has 4 rings (SSSR count). The molecule has 1 aliphatic rings. The molecule has 0 fully saturated rings. The fourth-order valence-electron chi connectivity index (χ4n) is 4.41. The van der Waals surface area contributed by atoms with Crippen LogP contribution in [0.25, 0.3) is 5.57 Å². The average molecular weight is 564 g/mol. The van der Waals surface area contributed by atoms with Crippen molar-refractivity contribution in [1.29, 1.82) is 0 Å². The first-order valence-corrected chi connectivity index (χ1v) is 12.8. The maximum atomic E-state index is 14.0. The summed E-state index contributed by atoms with van der Waals surface area (Å²) in [6.45, 7) is 1.07. The van der Waals surface area contributed by atoms with Gasteiger partial charge in [-0.1, -0.05) is 6.07 Å². The number of allylic oxidation sites excluding steroid dienone is 1. The number of hydrogen-bond acceptors (Lipinski definition) is 9. The number of benzene rings is 3. The van der Waals surface area contributed by atoms with Gasteiger partial charge in [0.15, 0.2) is 28.8 Å². The summed E-state index contributed by atoms with van der Waals surface area (Å²) < 4.78 is 33.2. The van der Waals surface area contributed by atoms with Gasteiger partial charge < -0.3 is 38.4 Å². The largest absolute Gasteiger partial charge is 0.497 e. The molecule has 1 heterocycles. The van der Waals surface area contributed by atoms with E-state index >= 15 is 0 Å². The van der Waals surface area contributed by atoms with Crippen LogP contribution in [0.1, 0.15) is 21.5 Å². The minimum atomic E-state index is -1.26. The zero-order valence-electron chi connectivity index (χ0n) is 23.7. The topological polar surface area (TPSA) is 113 Å². The summed E-state index contributed by atoms with van der Waals surface area (Å²) in [4.78, 5) is 28.8. The summed E-state index contributed by atoms with van der Waals surface area (Å²) in [7, 11) is 8.41. The second-order valence-electron chi connectivity index (χ2n) is 9.44. The monoisotopic (exact) mass is 563 g/mol. The van der Waals surface area contributed by atoms with Crippen LogP contribution in [-0.2, 0) is 11.2 Å². The smallest absolute Gasteiger partial charge is 0.336 e. The molecule has 3 aromatic rings. The van der Waals surface area contributed by atoms with Crippen molar-refractivity contribution in [1.82, 2.24) is 4.90 Å². The number of Topliss-reactive ketones (excluding diaryl/α,β-unsaturated/α-hetero) is 1. The predicted octanol–water partition coefficient (Wildman–Crippen LogP) is 4.35. The molecular formula is C31H33NO9. The van der Waals surface area contributed by atoms with Crippen LogP contribution in [0.5, 0.6) is 34.5 Å². The molecule has 0 aromatic heterocycles. The van der Waals surface area contributed by atoms with Gasteiger partial charge in [-0.05, 0) is 73.8 Å². The number of likely N-dealkylation sites (N-methyl/N-ethyl adjacent to an activating group) is 1. The zero-order valence-corrected chi connectivity index (χ0v) is 23.7. The predicted molar refractivity (Wildman–Crippen MR) is 152 cm³/mol. The molecular weight excluding hydrogens is 530 g/mol. The van der Waals surface area contributed by atoms with Gasteiger partial charge in [-0.3, -0.25) is 4.79 Å². The molecule has 10 nitrogen and oxygen atoms in total. The lowest BCUT2D eigenvalue weighted by molar-refractivity contribution is -0.130. The van der Waals surface area contributed by atoms with Gasteiger partial charge in [-0.2, -0.15) is 0 Å². The van der Waals surface area contributed by atoms with Crippen molar-refractivity contribution in [3.63, 3.8) is 0 Å². The fourth-order valence-corrected chi connectivity index (χ4v) is 4.41. The highest BCUT2D eigenvalue weighted by atomic mass is 16.7. The quantitative estimate of drug-likeness (QED) is 0.238. The summed E-state index contributed by atoms with van der Waals surface area (Å²) in [5, 5.41) is 10.4. The average Bonchev–Trinajstić information content (AvgIpc) is 3.44. The minimum absolute atomic E-state index is 0.0325. The van der Waals surface area contributed by atoms with Gasteiger partial charge in [0.1, 0.15) is 12.4 Å². The van der Waals surface area contributed by atoms with Crippen LogP contribution >= 0.6 is 0 Å². The lowest BCUT2D eigenvalue weighted by Crippen LogP contribution is -2.19. The van der Waals surface area contributed by atoms with Crippen molar-refractivity contribution in [2.45, 2.75) is 6.42 Å². The molecule has 0 spiro atoms. The van der Waals surface area contributed by atoms with Gasteiger partial charge in [-0.15, -0.1) is 0 Å². The Bertz CT molecular complexity index is 1440. The number of rotatable bonds is 13. The number of hydrogen-bond donors (Lipinski definition) is 1. The van der Waals surface area contributed by atoms with Gasteiger partial charge in [0.05, 0.1) is 26.9 Å². The van der Waals surface area contributed by atoms with E-state index in [9.17, 15) is 14.7 Å². The van der Waals surface area contributed by atoms with Crippen molar-refractivity contribution in [2.24, 2.45) is 0 Å². The number of ether oxygens (including phenoxy) is 6. The second-order valence-corrected chi connectivity index (χ2v) is 9.44. The standard InChI is InChI=1S/C31H33NO9/c1-32(2)12-13-39-27-16-19(15-26(37-4)30(27)38-5)14-23(29(33)20-6-9-22(36-3)10-7-20)28(31(34)35)21-8-11-24-25(17-21)41-18-40-24/h6-11,15-17H,12-14,18H2,1-5H3,(H,34,35)/b28-23+. The lowest BCUT2D eigenvalue weighted by atomic mass is 9.89. The van der Waals surface area contributed by atoms with Crippen molar-refractivity contribution in [2.75, 3.05) is 55.4 Å². The molecule has 0 amide bonds. The van der Waals surface area contributed by atoms with Crippen LogP contribution in [0.2, 0.25) is 0 Å². The van der Waals surface area contributed by atoms with E-state index in [2.05, 4.69) is 0 Å². The van der Waals surface area contributed by atoms with E-state index in [1.807, 2.05) is 19.0 Å². The van der Waals surface area contributed by atoms with Crippen molar-refractivity contribution < 1.29 is 43.1 Å². The number of methoxy groups -OCH3 is 3. The molecule has 0 saturated carbocycles. The Labute approximate surface area is 238 Å². The number of ketones is 1. The van der Waals surface area contributed by atoms with Crippen LogP contribution in [0, 0.1) is 0 Å². The molecule has 0 bridgehead atoms. The van der Waals surface area contributed by atoms with Gasteiger partial charge >= 0.3 is 5.97 Å². The first-order valence-electron chi connectivity index (χ1n) is 12.8. The van der Waals surface area contributed by atoms with Gasteiger partial charge in [-0.25, -0.2) is 4.79 Å². The molecule has 1 aliphatic heterocycles. The highest BCUT2D eigenvalue weighted by molar-refractivity contribution is 6.26. The van der Waals surface area contributed by atoms with Gasteiger partial charge in [0.25, 0.3) is 0 Å². The minimum Gasteiger partial charge on any atom is -0.497 e.